The normalized spacial score (nSPS) is 9.00. The van der Waals surface area contributed by atoms with Crippen molar-refractivity contribution < 1.29 is 47.1 Å². The Bertz CT molecular complexity index is 86.0. The van der Waals surface area contributed by atoms with Crippen molar-refractivity contribution in [3.05, 3.63) is 0 Å². The van der Waals surface area contributed by atoms with Gasteiger partial charge in [-0.05, 0) is 0 Å². The van der Waals surface area contributed by atoms with E-state index in [1.54, 1.807) is 0 Å². The zero-order valence-corrected chi connectivity index (χ0v) is 12.5. The summed E-state index contributed by atoms with van der Waals surface area (Å²) in [6.07, 6.45) is -0.264. The van der Waals surface area contributed by atoms with Gasteiger partial charge in [0, 0.05) is 16.5 Å². The van der Waals surface area contributed by atoms with Crippen molar-refractivity contribution in [1.82, 2.24) is 0 Å². The van der Waals surface area contributed by atoms with Gasteiger partial charge in [-0.1, -0.05) is 0 Å². The molecule has 0 saturated heterocycles. The quantitative estimate of drug-likeness (QED) is 0.258. The standard InChI is InChI=1S/2C3H9O3P.ClH.Ni/c2*4-1-7(2-5)3-6;;/h2*4-6H,1-3H2;1H;/p+2. The number of hydrogen-bond acceptors (Lipinski definition) is 6. The SMILES string of the molecule is Cl.OC[PH+](CO)CO.OC[PH+](CO)CO.[Ni]. The summed E-state index contributed by atoms with van der Waals surface area (Å²) in [5.74, 6) is 0. The molecule has 0 aliphatic carbocycles. The van der Waals surface area contributed by atoms with Gasteiger partial charge in [0.25, 0.3) is 0 Å². The van der Waals surface area contributed by atoms with E-state index in [4.69, 9.17) is 30.6 Å². The largest absolute Gasteiger partial charge is 0.362 e. The molecule has 0 radical (unpaired) electrons. The van der Waals surface area contributed by atoms with Crippen LogP contribution in [0, 0.1) is 0 Å². The molecule has 0 aromatic rings. The predicted molar refractivity (Wildman–Crippen MR) is 66.4 cm³/mol. The minimum atomic E-state index is -1.20. The van der Waals surface area contributed by atoms with Crippen molar-refractivity contribution in [3.63, 3.8) is 0 Å². The molecule has 0 bridgehead atoms. The van der Waals surface area contributed by atoms with E-state index >= 15 is 0 Å². The molecule has 6 nitrogen and oxygen atoms in total. The number of halogens is 1. The average molecular weight is 345 g/mol. The molecule has 0 saturated carbocycles. The molecule has 0 aromatic heterocycles. The van der Waals surface area contributed by atoms with Gasteiger partial charge in [-0.15, -0.1) is 12.4 Å². The van der Waals surface area contributed by atoms with Crippen molar-refractivity contribution in [2.45, 2.75) is 0 Å². The van der Waals surface area contributed by atoms with Crippen LogP contribution < -0.4 is 0 Å². The zero-order chi connectivity index (χ0) is 11.4. The second-order valence-corrected chi connectivity index (χ2v) is 7.35. The smallest absolute Gasteiger partial charge is 0.156 e. The maximum Gasteiger partial charge on any atom is 0.156 e. The maximum absolute atomic E-state index is 8.25. The van der Waals surface area contributed by atoms with E-state index in [9.17, 15) is 0 Å². The second-order valence-electron chi connectivity index (χ2n) is 2.45. The molecule has 6 N–H and O–H groups in total. The van der Waals surface area contributed by atoms with Gasteiger partial charge in [-0.3, -0.25) is 0 Å². The van der Waals surface area contributed by atoms with E-state index < -0.39 is 15.8 Å². The molecule has 10 heteroatoms. The van der Waals surface area contributed by atoms with E-state index in [1.165, 1.54) is 0 Å². The molecular weight excluding hydrogens is 324 g/mol. The van der Waals surface area contributed by atoms with Crippen LogP contribution in [0.3, 0.4) is 0 Å². The van der Waals surface area contributed by atoms with Crippen LogP contribution in [0.25, 0.3) is 0 Å². The van der Waals surface area contributed by atoms with Crippen molar-refractivity contribution in [3.8, 4) is 0 Å². The minimum absolute atomic E-state index is 0. The predicted octanol–water partition coefficient (Wildman–Crippen LogP) is -1.48. The monoisotopic (exact) mass is 344 g/mol. The summed E-state index contributed by atoms with van der Waals surface area (Å²) >= 11 is 0. The Morgan fingerprint density at radius 2 is 0.625 bits per heavy atom. The molecule has 0 amide bonds. The van der Waals surface area contributed by atoms with E-state index in [1.807, 2.05) is 0 Å². The molecule has 0 aliphatic rings. The fourth-order valence-electron chi connectivity index (χ4n) is 0.300. The van der Waals surface area contributed by atoms with E-state index in [2.05, 4.69) is 0 Å². The molecule has 0 aromatic carbocycles. The van der Waals surface area contributed by atoms with Crippen LogP contribution >= 0.6 is 28.3 Å². The van der Waals surface area contributed by atoms with Gasteiger partial charge < -0.3 is 30.6 Å². The van der Waals surface area contributed by atoms with E-state index in [0.717, 1.165) is 0 Å². The van der Waals surface area contributed by atoms with Gasteiger partial charge in [0.2, 0.25) is 0 Å². The van der Waals surface area contributed by atoms with Gasteiger partial charge in [0.1, 0.15) is 0 Å². The third-order valence-corrected chi connectivity index (χ3v) is 4.02. The fraction of sp³-hybridized carbons (Fsp3) is 1.00. The number of aliphatic hydroxyl groups is 6. The topological polar surface area (TPSA) is 121 Å². The Labute approximate surface area is 114 Å². The molecule has 16 heavy (non-hydrogen) atoms. The fourth-order valence-corrected chi connectivity index (χ4v) is 0.900. The van der Waals surface area contributed by atoms with Crippen LogP contribution in [0.5, 0.6) is 0 Å². The van der Waals surface area contributed by atoms with Gasteiger partial charge in [-0.2, -0.15) is 0 Å². The van der Waals surface area contributed by atoms with Crippen molar-refractivity contribution >= 4 is 28.3 Å². The second kappa shape index (κ2) is 21.7. The van der Waals surface area contributed by atoms with Gasteiger partial charge in [0.15, 0.2) is 38.1 Å². The maximum atomic E-state index is 8.25. The van der Waals surface area contributed by atoms with Crippen LogP contribution in [0.15, 0.2) is 0 Å². The van der Waals surface area contributed by atoms with Crippen molar-refractivity contribution in [1.29, 1.82) is 0 Å². The molecule has 0 fully saturated rings. The number of aliphatic hydroxyl groups excluding tert-OH is 6. The summed E-state index contributed by atoms with van der Waals surface area (Å²) in [5.41, 5.74) is 0. The first-order valence-electron chi connectivity index (χ1n) is 4.02. The third-order valence-electron chi connectivity index (χ3n) is 1.34. The van der Waals surface area contributed by atoms with Crippen molar-refractivity contribution in [2.24, 2.45) is 0 Å². The van der Waals surface area contributed by atoms with Crippen LogP contribution in [0.4, 0.5) is 0 Å². The Morgan fingerprint density at radius 1 is 0.500 bits per heavy atom. The minimum Gasteiger partial charge on any atom is -0.362 e. The molecule has 0 atom stereocenters. The Kier molecular flexibility index (Phi) is 35.3. The Morgan fingerprint density at radius 3 is 0.625 bits per heavy atom. The summed E-state index contributed by atoms with van der Waals surface area (Å²) in [7, 11) is -2.39. The summed E-state index contributed by atoms with van der Waals surface area (Å²) in [6.45, 7) is 0. The van der Waals surface area contributed by atoms with Gasteiger partial charge >= 0.3 is 0 Å². The Hall–Kier alpha value is 1.40. The van der Waals surface area contributed by atoms with Crippen LogP contribution in [0.2, 0.25) is 0 Å². The van der Waals surface area contributed by atoms with Gasteiger partial charge in [-0.25, -0.2) is 0 Å². The first kappa shape index (κ1) is 26.1. The van der Waals surface area contributed by atoms with Crippen LogP contribution in [-0.2, 0) is 16.5 Å². The van der Waals surface area contributed by atoms with Crippen molar-refractivity contribution in [2.75, 3.05) is 38.1 Å². The van der Waals surface area contributed by atoms with Gasteiger partial charge in [0.05, 0.1) is 15.8 Å². The van der Waals surface area contributed by atoms with E-state index in [0.29, 0.717) is 0 Å². The Balaban J connectivity index is -0.0000000800. The summed E-state index contributed by atoms with van der Waals surface area (Å²) < 4.78 is 0. The third kappa shape index (κ3) is 17.8. The molecule has 0 heterocycles. The zero-order valence-electron chi connectivity index (χ0n) is 8.65. The van der Waals surface area contributed by atoms with E-state index in [-0.39, 0.29) is 67.0 Å². The number of hydrogen-bond donors (Lipinski definition) is 6. The molecule has 0 unspecified atom stereocenters. The average Bonchev–Trinajstić information content (AvgIpc) is 2.24. The first-order chi connectivity index (χ1) is 6.69. The summed E-state index contributed by atoms with van der Waals surface area (Å²) in [6, 6.07) is 0. The number of rotatable bonds is 6. The molecular formula is C6H21ClNiO6P2+2. The molecule has 106 valence electrons. The molecule has 0 spiro atoms. The van der Waals surface area contributed by atoms with Crippen LogP contribution in [0.1, 0.15) is 0 Å². The summed E-state index contributed by atoms with van der Waals surface area (Å²) in [5, 5.41) is 49.5. The van der Waals surface area contributed by atoms with Crippen LogP contribution in [-0.4, -0.2) is 68.7 Å². The first-order valence-corrected chi connectivity index (χ1v) is 8.26. The molecule has 0 rings (SSSR count). The summed E-state index contributed by atoms with van der Waals surface area (Å²) in [4.78, 5) is 0. The molecule has 0 aliphatic heterocycles.